The Labute approximate surface area is 243 Å². The van der Waals surface area contributed by atoms with Gasteiger partial charge in [-0.15, -0.1) is 0 Å². The minimum atomic E-state index is -0.635. The number of hydrogen-bond acceptors (Lipinski definition) is 1. The highest BCUT2D eigenvalue weighted by Gasteiger charge is 2.17. The lowest BCUT2D eigenvalue weighted by molar-refractivity contribution is 0.669. The standard InChI is InChI=1S/C38H24O/c1-2-10-25(11-3-1)26-18-20-27(21-19-26)37-31-13-4-6-15-33(31)38(34-16-7-5-14-32(34)37)28-22-23-30-29-12-8-9-17-35(29)39-36(30)24-28/h1-24H/i4D,5D,6D,7D,13D,14D,15D,16D,18D,19D,20D,21D. The van der Waals surface area contributed by atoms with Crippen LogP contribution in [0.15, 0.2) is 150 Å². The van der Waals surface area contributed by atoms with Gasteiger partial charge in [0.05, 0.1) is 16.4 Å². The lowest BCUT2D eigenvalue weighted by Crippen LogP contribution is -1.91. The first kappa shape index (κ1) is 13.1. The molecule has 1 heterocycles. The Morgan fingerprint density at radius 2 is 0.923 bits per heavy atom. The van der Waals surface area contributed by atoms with Gasteiger partial charge in [0, 0.05) is 10.8 Å². The van der Waals surface area contributed by atoms with Crippen molar-refractivity contribution in [3.8, 4) is 33.4 Å². The highest BCUT2D eigenvalue weighted by atomic mass is 16.3. The van der Waals surface area contributed by atoms with Crippen molar-refractivity contribution in [2.75, 3.05) is 0 Å². The summed E-state index contributed by atoms with van der Waals surface area (Å²) in [6.07, 6.45) is 0. The highest BCUT2D eigenvalue weighted by molar-refractivity contribution is 6.22. The molecule has 39 heavy (non-hydrogen) atoms. The molecule has 0 amide bonds. The molecule has 7 aromatic carbocycles. The molecular weight excluding hydrogens is 472 g/mol. The summed E-state index contributed by atoms with van der Waals surface area (Å²) < 4.78 is 114. The van der Waals surface area contributed by atoms with Gasteiger partial charge in [-0.2, -0.15) is 0 Å². The second-order valence-corrected chi connectivity index (χ2v) is 9.18. The maximum Gasteiger partial charge on any atom is 0.136 e. The van der Waals surface area contributed by atoms with E-state index < -0.39 is 72.5 Å². The number of fused-ring (bicyclic) bond motifs is 5. The summed E-state index contributed by atoms with van der Waals surface area (Å²) in [4.78, 5) is 0. The predicted molar refractivity (Wildman–Crippen MR) is 165 cm³/mol. The average Bonchev–Trinajstić information content (AvgIpc) is 3.51. The van der Waals surface area contributed by atoms with Crippen LogP contribution in [-0.2, 0) is 0 Å². The Hall–Kier alpha value is -5.14. The van der Waals surface area contributed by atoms with Crippen LogP contribution in [0.4, 0.5) is 0 Å². The SMILES string of the molecule is [2H]c1c([2H])c(-c2c3c([2H])c([2H])c([2H])c([2H])c3c(-c3ccc4c(c3)oc3ccccc34)c3c([2H])c([2H])c([2H])c([2H])c23)c([2H])c([2H])c1-c1ccccc1. The van der Waals surface area contributed by atoms with Crippen LogP contribution >= 0.6 is 0 Å². The largest absolute Gasteiger partial charge is 0.456 e. The molecule has 182 valence electrons. The molecule has 1 heteroatoms. The fraction of sp³-hybridized carbons (Fsp3) is 0. The van der Waals surface area contributed by atoms with E-state index in [1.54, 1.807) is 48.5 Å². The predicted octanol–water partition coefficient (Wildman–Crippen LogP) is 10.9. The zero-order valence-corrected chi connectivity index (χ0v) is 20.3. The van der Waals surface area contributed by atoms with E-state index in [0.29, 0.717) is 22.3 Å². The number of benzene rings is 7. The van der Waals surface area contributed by atoms with Crippen LogP contribution < -0.4 is 0 Å². The number of furan rings is 1. The van der Waals surface area contributed by atoms with Crippen LogP contribution in [0.2, 0.25) is 0 Å². The second-order valence-electron chi connectivity index (χ2n) is 9.18. The summed E-state index contributed by atoms with van der Waals surface area (Å²) in [6.45, 7) is 0. The summed E-state index contributed by atoms with van der Waals surface area (Å²) in [5, 5.41) is 1.000. The van der Waals surface area contributed by atoms with Crippen molar-refractivity contribution in [1.82, 2.24) is 0 Å². The minimum absolute atomic E-state index is 0.0162. The number of para-hydroxylation sites is 1. The van der Waals surface area contributed by atoms with E-state index in [0.717, 1.165) is 10.8 Å². The fourth-order valence-electron chi connectivity index (χ4n) is 5.23. The van der Waals surface area contributed by atoms with Gasteiger partial charge < -0.3 is 4.42 Å². The molecule has 0 N–H and O–H groups in total. The molecule has 0 spiro atoms. The third kappa shape index (κ3) is 3.48. The average molecular weight is 509 g/mol. The fourth-order valence-corrected chi connectivity index (χ4v) is 5.23. The Kier molecular flexibility index (Phi) is 2.92. The highest BCUT2D eigenvalue weighted by Crippen LogP contribution is 2.44. The van der Waals surface area contributed by atoms with Crippen molar-refractivity contribution in [2.45, 2.75) is 0 Å². The van der Waals surface area contributed by atoms with Crippen molar-refractivity contribution in [2.24, 2.45) is 0 Å². The molecule has 0 aliphatic heterocycles. The molecule has 0 atom stereocenters. The van der Waals surface area contributed by atoms with Gasteiger partial charge in [-0.1, -0.05) is 127 Å². The summed E-state index contributed by atoms with van der Waals surface area (Å²) in [5.41, 5.74) is 1.33. The maximum absolute atomic E-state index is 9.22. The van der Waals surface area contributed by atoms with E-state index in [9.17, 15) is 8.22 Å². The molecule has 0 fully saturated rings. The van der Waals surface area contributed by atoms with Crippen molar-refractivity contribution >= 4 is 43.5 Å². The van der Waals surface area contributed by atoms with Crippen LogP contribution in [0.3, 0.4) is 0 Å². The Morgan fingerprint density at radius 3 is 1.59 bits per heavy atom. The molecule has 0 radical (unpaired) electrons. The van der Waals surface area contributed by atoms with E-state index in [1.807, 2.05) is 24.3 Å². The Bertz CT molecular complexity index is 2720. The zero-order chi connectivity index (χ0) is 36.2. The molecule has 0 aliphatic carbocycles. The zero-order valence-electron chi connectivity index (χ0n) is 32.3. The third-order valence-electron chi connectivity index (χ3n) is 6.98. The van der Waals surface area contributed by atoms with Gasteiger partial charge in [-0.3, -0.25) is 0 Å². The topological polar surface area (TPSA) is 13.1 Å². The van der Waals surface area contributed by atoms with Crippen LogP contribution in [0.25, 0.3) is 76.9 Å². The van der Waals surface area contributed by atoms with E-state index in [2.05, 4.69) is 0 Å². The summed E-state index contributed by atoms with van der Waals surface area (Å²) in [5.74, 6) is 0. The molecule has 1 aromatic heterocycles. The smallest absolute Gasteiger partial charge is 0.136 e. The van der Waals surface area contributed by atoms with Crippen LogP contribution in [-0.4, -0.2) is 0 Å². The van der Waals surface area contributed by atoms with E-state index in [-0.39, 0.29) is 43.8 Å². The van der Waals surface area contributed by atoms with Gasteiger partial charge in [0.25, 0.3) is 0 Å². The molecule has 1 nitrogen and oxygen atoms in total. The third-order valence-corrected chi connectivity index (χ3v) is 6.98. The summed E-state index contributed by atoms with van der Waals surface area (Å²) >= 11 is 0. The van der Waals surface area contributed by atoms with Crippen LogP contribution in [0, 0.1) is 0 Å². The first-order valence-corrected chi connectivity index (χ1v) is 12.4. The first-order chi connectivity index (χ1) is 24.3. The van der Waals surface area contributed by atoms with Crippen LogP contribution in [0.5, 0.6) is 0 Å². The minimum Gasteiger partial charge on any atom is -0.456 e. The maximum atomic E-state index is 9.22. The van der Waals surface area contributed by atoms with E-state index >= 15 is 0 Å². The number of hydrogen-bond donors (Lipinski definition) is 0. The summed E-state index contributed by atoms with van der Waals surface area (Å²) in [6, 6.07) is 14.5. The molecular formula is C38H24O. The van der Waals surface area contributed by atoms with Crippen molar-refractivity contribution in [3.05, 3.63) is 145 Å². The van der Waals surface area contributed by atoms with Gasteiger partial charge in [0.15, 0.2) is 0 Å². The monoisotopic (exact) mass is 508 g/mol. The van der Waals surface area contributed by atoms with Gasteiger partial charge in [-0.05, 0) is 73.1 Å². The van der Waals surface area contributed by atoms with Gasteiger partial charge in [0.2, 0.25) is 0 Å². The lowest BCUT2D eigenvalue weighted by atomic mass is 9.85. The van der Waals surface area contributed by atoms with Crippen molar-refractivity contribution in [1.29, 1.82) is 0 Å². The molecule has 0 saturated heterocycles. The quantitative estimate of drug-likeness (QED) is 0.216. The molecule has 0 saturated carbocycles. The molecule has 0 aliphatic rings. The molecule has 0 bridgehead atoms. The van der Waals surface area contributed by atoms with Crippen molar-refractivity contribution < 1.29 is 20.9 Å². The molecule has 0 unspecified atom stereocenters. The van der Waals surface area contributed by atoms with Crippen molar-refractivity contribution in [3.63, 3.8) is 0 Å². The van der Waals surface area contributed by atoms with Gasteiger partial charge >= 0.3 is 0 Å². The summed E-state index contributed by atoms with van der Waals surface area (Å²) in [7, 11) is 0. The van der Waals surface area contributed by atoms with Gasteiger partial charge in [0.1, 0.15) is 11.2 Å². The number of rotatable bonds is 3. The molecule has 8 aromatic rings. The Morgan fingerprint density at radius 1 is 0.385 bits per heavy atom. The van der Waals surface area contributed by atoms with E-state index in [4.69, 9.17) is 12.6 Å². The van der Waals surface area contributed by atoms with Gasteiger partial charge in [-0.25, -0.2) is 0 Å². The Balaban J connectivity index is 1.64. The lowest BCUT2D eigenvalue weighted by Gasteiger charge is -2.18. The second kappa shape index (κ2) is 8.72. The first-order valence-electron chi connectivity index (χ1n) is 18.4. The normalized spacial score (nSPS) is 15.9. The van der Waals surface area contributed by atoms with Crippen LogP contribution in [0.1, 0.15) is 16.4 Å². The van der Waals surface area contributed by atoms with E-state index in [1.165, 1.54) is 0 Å². The molecule has 8 rings (SSSR count).